The first kappa shape index (κ1) is 18.3. The zero-order valence-electron chi connectivity index (χ0n) is 14.8. The largest absolute Gasteiger partial charge is 0.482 e. The molecule has 0 aromatic carbocycles. The topological polar surface area (TPSA) is 80.7 Å². The number of aliphatic hydroxyl groups is 1. The van der Waals surface area contributed by atoms with E-state index in [1.54, 1.807) is 12.2 Å². The van der Waals surface area contributed by atoms with Crippen molar-refractivity contribution in [1.29, 1.82) is 0 Å². The molecule has 1 aliphatic heterocycles. The van der Waals surface area contributed by atoms with E-state index in [4.69, 9.17) is 4.74 Å². The third kappa shape index (κ3) is 2.88. The summed E-state index contributed by atoms with van der Waals surface area (Å²) in [6, 6.07) is 0. The fourth-order valence-electron chi connectivity index (χ4n) is 3.04. The van der Waals surface area contributed by atoms with E-state index in [2.05, 4.69) is 0 Å². The third-order valence-electron chi connectivity index (χ3n) is 4.43. The second kappa shape index (κ2) is 6.48. The van der Waals surface area contributed by atoms with Crippen molar-refractivity contribution in [3.63, 3.8) is 0 Å². The van der Waals surface area contributed by atoms with Gasteiger partial charge in [-0.2, -0.15) is 0 Å². The lowest BCUT2D eigenvalue weighted by atomic mass is 9.80. The second-order valence-electron chi connectivity index (χ2n) is 6.94. The Labute approximate surface area is 142 Å². The highest BCUT2D eigenvalue weighted by Crippen LogP contribution is 2.46. The lowest BCUT2D eigenvalue weighted by Crippen LogP contribution is -2.47. The molecule has 0 bridgehead atoms. The number of rotatable bonds is 5. The van der Waals surface area contributed by atoms with Gasteiger partial charge in [-0.15, -0.1) is 0 Å². The molecule has 2 unspecified atom stereocenters. The SMILES string of the molecule is CC(C)=CCC(=O)C1(O)C2=C(C(=O)C(C)O2)C(=O)[C@H]1CC=C(C)C. The van der Waals surface area contributed by atoms with Gasteiger partial charge >= 0.3 is 0 Å². The van der Waals surface area contributed by atoms with Crippen LogP contribution in [0, 0.1) is 5.92 Å². The smallest absolute Gasteiger partial charge is 0.210 e. The Bertz CT molecular complexity index is 687. The van der Waals surface area contributed by atoms with Gasteiger partial charge < -0.3 is 9.84 Å². The molecule has 24 heavy (non-hydrogen) atoms. The zero-order valence-corrected chi connectivity index (χ0v) is 14.8. The Morgan fingerprint density at radius 1 is 1.12 bits per heavy atom. The number of allylic oxidation sites excluding steroid dienone is 4. The first-order valence-corrected chi connectivity index (χ1v) is 8.12. The third-order valence-corrected chi connectivity index (χ3v) is 4.43. The number of ketones is 3. The Morgan fingerprint density at radius 3 is 2.25 bits per heavy atom. The summed E-state index contributed by atoms with van der Waals surface area (Å²) >= 11 is 0. The molecule has 0 aromatic rings. The van der Waals surface area contributed by atoms with Crippen molar-refractivity contribution in [3.05, 3.63) is 34.6 Å². The Hall–Kier alpha value is -2.01. The molecule has 130 valence electrons. The average molecular weight is 332 g/mol. The minimum Gasteiger partial charge on any atom is -0.482 e. The van der Waals surface area contributed by atoms with Crippen molar-refractivity contribution < 1.29 is 24.2 Å². The van der Waals surface area contributed by atoms with Crippen molar-refractivity contribution in [3.8, 4) is 0 Å². The molecular weight excluding hydrogens is 308 g/mol. The van der Waals surface area contributed by atoms with Crippen LogP contribution < -0.4 is 0 Å². The maximum Gasteiger partial charge on any atom is 0.210 e. The lowest BCUT2D eigenvalue weighted by Gasteiger charge is -2.30. The van der Waals surface area contributed by atoms with E-state index < -0.39 is 35.0 Å². The van der Waals surface area contributed by atoms with Crippen LogP contribution in [-0.2, 0) is 19.1 Å². The molecule has 0 fully saturated rings. The van der Waals surface area contributed by atoms with E-state index >= 15 is 0 Å². The Kier molecular flexibility index (Phi) is 4.95. The van der Waals surface area contributed by atoms with Crippen LogP contribution >= 0.6 is 0 Å². The predicted molar refractivity (Wildman–Crippen MR) is 89.1 cm³/mol. The first-order chi connectivity index (χ1) is 11.1. The van der Waals surface area contributed by atoms with Crippen molar-refractivity contribution in [1.82, 2.24) is 0 Å². The summed E-state index contributed by atoms with van der Waals surface area (Å²) in [5.74, 6) is -2.62. The Balaban J connectivity index is 2.48. The molecule has 2 aliphatic rings. The van der Waals surface area contributed by atoms with E-state index in [-0.39, 0.29) is 24.2 Å². The van der Waals surface area contributed by atoms with Crippen LogP contribution in [0.2, 0.25) is 0 Å². The number of Topliss-reactive ketones (excluding diaryl/α,β-unsaturated/α-hetero) is 3. The van der Waals surface area contributed by atoms with Gasteiger partial charge in [-0.1, -0.05) is 23.3 Å². The van der Waals surface area contributed by atoms with E-state index in [9.17, 15) is 19.5 Å². The minimum absolute atomic E-state index is 0.0137. The highest BCUT2D eigenvalue weighted by atomic mass is 16.5. The van der Waals surface area contributed by atoms with E-state index in [0.717, 1.165) is 11.1 Å². The van der Waals surface area contributed by atoms with Gasteiger partial charge in [0.05, 0.1) is 5.92 Å². The lowest BCUT2D eigenvalue weighted by molar-refractivity contribution is -0.147. The molecule has 2 rings (SSSR count). The molecule has 1 aliphatic carbocycles. The molecule has 0 spiro atoms. The summed E-state index contributed by atoms with van der Waals surface area (Å²) in [6.45, 7) is 8.95. The van der Waals surface area contributed by atoms with E-state index in [1.165, 1.54) is 6.92 Å². The Morgan fingerprint density at radius 2 is 1.71 bits per heavy atom. The van der Waals surface area contributed by atoms with Gasteiger partial charge in [0.1, 0.15) is 5.57 Å². The summed E-state index contributed by atoms with van der Waals surface area (Å²) < 4.78 is 5.45. The maximum atomic E-state index is 12.7. The molecule has 0 radical (unpaired) electrons. The van der Waals surface area contributed by atoms with E-state index in [1.807, 2.05) is 27.7 Å². The molecule has 0 saturated heterocycles. The van der Waals surface area contributed by atoms with Gasteiger partial charge in [0.15, 0.2) is 29.0 Å². The molecule has 1 N–H and O–H groups in total. The van der Waals surface area contributed by atoms with Crippen LogP contribution in [0.1, 0.15) is 47.5 Å². The summed E-state index contributed by atoms with van der Waals surface area (Å²) in [5.41, 5.74) is -0.300. The molecule has 0 amide bonds. The van der Waals surface area contributed by atoms with Crippen molar-refractivity contribution in [2.45, 2.75) is 59.2 Å². The molecule has 1 heterocycles. The first-order valence-electron chi connectivity index (χ1n) is 8.12. The van der Waals surface area contributed by atoms with Crippen molar-refractivity contribution in [2.75, 3.05) is 0 Å². The van der Waals surface area contributed by atoms with Crippen LogP contribution in [0.15, 0.2) is 34.6 Å². The number of hydrogen-bond donors (Lipinski definition) is 1. The number of carbonyl (C=O) groups excluding carboxylic acids is 3. The molecule has 5 nitrogen and oxygen atoms in total. The standard InChI is InChI=1S/C19H24O5/c1-10(2)6-8-13-17(22)15-16(21)12(5)24-18(15)19(13,23)14(20)9-7-11(3)4/h6-7,12-13,23H,8-9H2,1-5H3/t12?,13-,19?/m1/s1. The van der Waals surface area contributed by atoms with Crippen LogP contribution in [0.25, 0.3) is 0 Å². The van der Waals surface area contributed by atoms with Gasteiger partial charge in [0.25, 0.3) is 0 Å². The number of ether oxygens (including phenoxy) is 1. The highest BCUT2D eigenvalue weighted by Gasteiger charge is 2.62. The average Bonchev–Trinajstić information content (AvgIpc) is 2.90. The van der Waals surface area contributed by atoms with Gasteiger partial charge in [-0.3, -0.25) is 14.4 Å². The summed E-state index contributed by atoms with van der Waals surface area (Å²) in [7, 11) is 0. The predicted octanol–water partition coefficient (Wildman–Crippen LogP) is 2.44. The monoisotopic (exact) mass is 332 g/mol. The van der Waals surface area contributed by atoms with Gasteiger partial charge in [0, 0.05) is 6.42 Å². The molecular formula is C19H24O5. The molecule has 0 saturated carbocycles. The van der Waals surface area contributed by atoms with Crippen molar-refractivity contribution in [2.24, 2.45) is 5.92 Å². The maximum absolute atomic E-state index is 12.7. The quantitative estimate of drug-likeness (QED) is 0.618. The molecule has 5 heteroatoms. The van der Waals surface area contributed by atoms with E-state index in [0.29, 0.717) is 0 Å². The van der Waals surface area contributed by atoms with Crippen molar-refractivity contribution >= 4 is 17.3 Å². The fourth-order valence-corrected chi connectivity index (χ4v) is 3.04. The van der Waals surface area contributed by atoms with Crippen LogP contribution in [0.5, 0.6) is 0 Å². The van der Waals surface area contributed by atoms with Gasteiger partial charge in [-0.05, 0) is 41.0 Å². The normalized spacial score (nSPS) is 28.6. The fraction of sp³-hybridized carbons (Fsp3) is 0.526. The number of carbonyl (C=O) groups is 3. The minimum atomic E-state index is -2.06. The summed E-state index contributed by atoms with van der Waals surface area (Å²) in [5, 5.41) is 11.2. The van der Waals surface area contributed by atoms with Gasteiger partial charge in [-0.25, -0.2) is 0 Å². The highest BCUT2D eigenvalue weighted by molar-refractivity contribution is 6.28. The molecule has 0 aromatic heterocycles. The second-order valence-corrected chi connectivity index (χ2v) is 6.94. The summed E-state index contributed by atoms with van der Waals surface area (Å²) in [6.07, 6.45) is 2.82. The van der Waals surface area contributed by atoms with Crippen LogP contribution in [0.3, 0.4) is 0 Å². The molecule has 3 atom stereocenters. The van der Waals surface area contributed by atoms with Crippen LogP contribution in [0.4, 0.5) is 0 Å². The summed E-state index contributed by atoms with van der Waals surface area (Å²) in [4.78, 5) is 37.6. The number of hydrogen-bond acceptors (Lipinski definition) is 5. The van der Waals surface area contributed by atoms with Gasteiger partial charge in [0.2, 0.25) is 5.78 Å². The zero-order chi connectivity index (χ0) is 18.2. The van der Waals surface area contributed by atoms with Crippen LogP contribution in [-0.4, -0.2) is 34.2 Å².